The molecule has 1 aromatic heterocycles. The van der Waals surface area contributed by atoms with Crippen LogP contribution in [-0.2, 0) is 6.54 Å². The first-order chi connectivity index (χ1) is 8.77. The summed E-state index contributed by atoms with van der Waals surface area (Å²) >= 11 is 0. The van der Waals surface area contributed by atoms with E-state index in [1.165, 1.54) is 0 Å². The lowest BCUT2D eigenvalue weighted by Crippen LogP contribution is -2.36. The third-order valence-corrected chi connectivity index (χ3v) is 2.64. The van der Waals surface area contributed by atoms with Crippen molar-refractivity contribution in [3.63, 3.8) is 0 Å². The van der Waals surface area contributed by atoms with Crippen LogP contribution in [0.5, 0.6) is 0 Å². The molecule has 4 heteroatoms. The van der Waals surface area contributed by atoms with Gasteiger partial charge >= 0.3 is 6.03 Å². The normalized spacial score (nSPS) is 9.83. The number of carbonyl (C=O) groups excluding carboxylic acids is 1. The fraction of sp³-hybridized carbons (Fsp3) is 0.143. The summed E-state index contributed by atoms with van der Waals surface area (Å²) in [4.78, 5) is 17.4. The molecule has 0 spiro atoms. The van der Waals surface area contributed by atoms with Crippen molar-refractivity contribution in [2.45, 2.75) is 6.54 Å². The zero-order chi connectivity index (χ0) is 12.8. The maximum Gasteiger partial charge on any atom is 0.321 e. The highest BCUT2D eigenvalue weighted by Crippen LogP contribution is 2.09. The standard InChI is InChI=1S/C14H15N3O/c1-17(13-7-9-15-10-8-13)14(18)16-11-12-5-3-2-4-6-12/h2-10H,11H2,1H3,(H,16,18). The van der Waals surface area contributed by atoms with Crippen LogP contribution in [0, 0.1) is 0 Å². The number of nitrogens with zero attached hydrogens (tertiary/aromatic N) is 2. The average molecular weight is 241 g/mol. The van der Waals surface area contributed by atoms with E-state index < -0.39 is 0 Å². The lowest BCUT2D eigenvalue weighted by molar-refractivity contribution is 0.247. The van der Waals surface area contributed by atoms with Crippen LogP contribution in [-0.4, -0.2) is 18.1 Å². The van der Waals surface area contributed by atoms with E-state index in [4.69, 9.17) is 0 Å². The van der Waals surface area contributed by atoms with Crippen LogP contribution >= 0.6 is 0 Å². The molecule has 0 saturated heterocycles. The van der Waals surface area contributed by atoms with Crippen LogP contribution in [0.25, 0.3) is 0 Å². The maximum atomic E-state index is 11.9. The highest BCUT2D eigenvalue weighted by molar-refractivity contribution is 5.91. The molecule has 4 nitrogen and oxygen atoms in total. The number of urea groups is 1. The Morgan fingerprint density at radius 2 is 1.83 bits per heavy atom. The Balaban J connectivity index is 1.93. The van der Waals surface area contributed by atoms with Gasteiger partial charge in [0.2, 0.25) is 0 Å². The molecule has 0 unspecified atom stereocenters. The van der Waals surface area contributed by atoms with Crippen LogP contribution in [0.4, 0.5) is 10.5 Å². The van der Waals surface area contributed by atoms with E-state index in [0.717, 1.165) is 11.3 Å². The predicted molar refractivity (Wildman–Crippen MR) is 71.3 cm³/mol. The molecule has 18 heavy (non-hydrogen) atoms. The molecule has 0 fully saturated rings. The van der Waals surface area contributed by atoms with Gasteiger partial charge in [0.15, 0.2) is 0 Å². The number of pyridine rings is 1. The third-order valence-electron chi connectivity index (χ3n) is 2.64. The molecule has 1 N–H and O–H groups in total. The molecule has 2 amide bonds. The van der Waals surface area contributed by atoms with E-state index >= 15 is 0 Å². The van der Waals surface area contributed by atoms with Crippen LogP contribution in [0.15, 0.2) is 54.9 Å². The first-order valence-corrected chi connectivity index (χ1v) is 5.73. The second kappa shape index (κ2) is 5.82. The van der Waals surface area contributed by atoms with Crippen LogP contribution < -0.4 is 10.2 Å². The van der Waals surface area contributed by atoms with Crippen molar-refractivity contribution in [2.24, 2.45) is 0 Å². The highest BCUT2D eigenvalue weighted by atomic mass is 16.2. The van der Waals surface area contributed by atoms with Crippen molar-refractivity contribution in [3.05, 3.63) is 60.4 Å². The van der Waals surface area contributed by atoms with Gasteiger partial charge in [0.05, 0.1) is 0 Å². The first kappa shape index (κ1) is 12.1. The van der Waals surface area contributed by atoms with Gasteiger partial charge in [0.25, 0.3) is 0 Å². The molecule has 1 aromatic carbocycles. The Labute approximate surface area is 106 Å². The van der Waals surface area contributed by atoms with Crippen molar-refractivity contribution in [1.82, 2.24) is 10.3 Å². The second-order valence-electron chi connectivity index (χ2n) is 3.91. The summed E-state index contributed by atoms with van der Waals surface area (Å²) in [5.74, 6) is 0. The Kier molecular flexibility index (Phi) is 3.91. The molecule has 2 rings (SSSR count). The van der Waals surface area contributed by atoms with Crippen LogP contribution in [0.2, 0.25) is 0 Å². The Morgan fingerprint density at radius 1 is 1.17 bits per heavy atom. The smallest absolute Gasteiger partial charge is 0.321 e. The minimum Gasteiger partial charge on any atom is -0.334 e. The molecule has 92 valence electrons. The van der Waals surface area contributed by atoms with Gasteiger partial charge in [-0.05, 0) is 17.7 Å². The van der Waals surface area contributed by atoms with Crippen LogP contribution in [0.1, 0.15) is 5.56 Å². The lowest BCUT2D eigenvalue weighted by atomic mass is 10.2. The monoisotopic (exact) mass is 241 g/mol. The summed E-state index contributed by atoms with van der Waals surface area (Å²) in [6.07, 6.45) is 3.33. The molecular weight excluding hydrogens is 226 g/mol. The zero-order valence-corrected chi connectivity index (χ0v) is 10.2. The third kappa shape index (κ3) is 3.07. The van der Waals surface area contributed by atoms with E-state index in [0.29, 0.717) is 6.54 Å². The second-order valence-corrected chi connectivity index (χ2v) is 3.91. The zero-order valence-electron chi connectivity index (χ0n) is 10.2. The van der Waals surface area contributed by atoms with Crippen molar-refractivity contribution >= 4 is 11.7 Å². The van der Waals surface area contributed by atoms with Crippen molar-refractivity contribution < 1.29 is 4.79 Å². The minimum atomic E-state index is -0.134. The molecule has 0 atom stereocenters. The van der Waals surface area contributed by atoms with Crippen molar-refractivity contribution in [1.29, 1.82) is 0 Å². The topological polar surface area (TPSA) is 45.2 Å². The van der Waals surface area contributed by atoms with E-state index in [2.05, 4.69) is 10.3 Å². The summed E-state index contributed by atoms with van der Waals surface area (Å²) in [5.41, 5.74) is 1.89. The minimum absolute atomic E-state index is 0.134. The van der Waals surface area contributed by atoms with Gasteiger partial charge < -0.3 is 5.32 Å². The average Bonchev–Trinajstić information content (AvgIpc) is 2.46. The molecule has 0 bridgehead atoms. The van der Waals surface area contributed by atoms with Gasteiger partial charge in [-0.15, -0.1) is 0 Å². The molecule has 0 aliphatic heterocycles. The van der Waals surface area contributed by atoms with E-state index in [9.17, 15) is 4.79 Å². The highest BCUT2D eigenvalue weighted by Gasteiger charge is 2.09. The van der Waals surface area contributed by atoms with Gasteiger partial charge in [0.1, 0.15) is 0 Å². The van der Waals surface area contributed by atoms with Gasteiger partial charge in [-0.3, -0.25) is 9.88 Å². The van der Waals surface area contributed by atoms with Crippen molar-refractivity contribution in [2.75, 3.05) is 11.9 Å². The summed E-state index contributed by atoms with van der Waals surface area (Å²) in [6.45, 7) is 0.523. The summed E-state index contributed by atoms with van der Waals surface area (Å²) in [6, 6.07) is 13.3. The maximum absolute atomic E-state index is 11.9. The molecule has 0 saturated carbocycles. The molecule has 0 radical (unpaired) electrons. The first-order valence-electron chi connectivity index (χ1n) is 5.73. The number of benzene rings is 1. The molecular formula is C14H15N3O. The SMILES string of the molecule is CN(C(=O)NCc1ccccc1)c1ccncc1. The summed E-state index contributed by atoms with van der Waals surface area (Å²) < 4.78 is 0. The number of aromatic nitrogens is 1. The van der Waals surface area contributed by atoms with Crippen LogP contribution in [0.3, 0.4) is 0 Å². The van der Waals surface area contributed by atoms with E-state index in [1.54, 1.807) is 36.5 Å². The van der Waals surface area contributed by atoms with Gasteiger partial charge in [0, 0.05) is 31.7 Å². The van der Waals surface area contributed by atoms with E-state index in [-0.39, 0.29) is 6.03 Å². The summed E-state index contributed by atoms with van der Waals surface area (Å²) in [7, 11) is 1.73. The number of carbonyl (C=O) groups is 1. The number of anilines is 1. The van der Waals surface area contributed by atoms with E-state index in [1.807, 2.05) is 30.3 Å². The summed E-state index contributed by atoms with van der Waals surface area (Å²) in [5, 5.41) is 2.86. The van der Waals surface area contributed by atoms with Gasteiger partial charge in [-0.1, -0.05) is 30.3 Å². The quantitative estimate of drug-likeness (QED) is 0.897. The molecule has 0 aliphatic rings. The Bertz CT molecular complexity index is 499. The predicted octanol–water partition coefficient (Wildman–Crippen LogP) is 2.43. The fourth-order valence-electron chi connectivity index (χ4n) is 1.58. The molecule has 2 aromatic rings. The molecule has 1 heterocycles. The Hall–Kier alpha value is -2.36. The molecule has 0 aliphatic carbocycles. The number of hydrogen-bond donors (Lipinski definition) is 1. The number of nitrogens with one attached hydrogen (secondary N) is 1. The number of amides is 2. The van der Waals surface area contributed by atoms with Gasteiger partial charge in [-0.2, -0.15) is 0 Å². The Morgan fingerprint density at radius 3 is 2.50 bits per heavy atom. The number of hydrogen-bond acceptors (Lipinski definition) is 2. The van der Waals surface area contributed by atoms with Gasteiger partial charge in [-0.25, -0.2) is 4.79 Å². The largest absolute Gasteiger partial charge is 0.334 e. The lowest BCUT2D eigenvalue weighted by Gasteiger charge is -2.17. The number of rotatable bonds is 3. The fourth-order valence-corrected chi connectivity index (χ4v) is 1.58. The van der Waals surface area contributed by atoms with Crippen molar-refractivity contribution in [3.8, 4) is 0 Å².